The first-order valence-electron chi connectivity index (χ1n) is 10.5. The number of hydrogen-bond donors (Lipinski definition) is 1. The molecule has 0 aliphatic carbocycles. The molecule has 1 saturated heterocycles. The molecule has 11 heteroatoms. The van der Waals surface area contributed by atoms with Crippen LogP contribution in [0.4, 0.5) is 5.69 Å². The average Bonchev–Trinajstić information content (AvgIpc) is 3.12. The Hall–Kier alpha value is -3.02. The molecule has 4 rings (SSSR count). The van der Waals surface area contributed by atoms with Gasteiger partial charge in [0.25, 0.3) is 5.91 Å². The van der Waals surface area contributed by atoms with Crippen LogP contribution in [-0.2, 0) is 21.4 Å². The lowest BCUT2D eigenvalue weighted by molar-refractivity contribution is -0.114. The molecule has 2 aromatic carbocycles. The summed E-state index contributed by atoms with van der Waals surface area (Å²) in [5.74, 6) is -0.379. The van der Waals surface area contributed by atoms with E-state index < -0.39 is 10.0 Å². The van der Waals surface area contributed by atoms with Crippen molar-refractivity contribution in [2.24, 2.45) is 0 Å². The largest absolute Gasteiger partial charge is 0.336 e. The molecule has 174 valence electrons. The van der Waals surface area contributed by atoms with E-state index >= 15 is 0 Å². The van der Waals surface area contributed by atoms with Crippen LogP contribution in [0, 0.1) is 0 Å². The minimum Gasteiger partial charge on any atom is -0.336 e. The summed E-state index contributed by atoms with van der Waals surface area (Å²) >= 11 is 1.03. The number of aryl methyl sites for hydroxylation is 1. The first-order chi connectivity index (χ1) is 15.7. The molecule has 1 aromatic heterocycles. The predicted molar refractivity (Wildman–Crippen MR) is 127 cm³/mol. The van der Waals surface area contributed by atoms with Gasteiger partial charge in [0, 0.05) is 50.9 Å². The Morgan fingerprint density at radius 2 is 1.70 bits per heavy atom. The quantitative estimate of drug-likeness (QED) is 0.592. The van der Waals surface area contributed by atoms with Crippen LogP contribution in [-0.4, -0.2) is 60.2 Å². The molecule has 1 fully saturated rings. The molecule has 33 heavy (non-hydrogen) atoms. The van der Waals surface area contributed by atoms with Gasteiger partial charge < -0.3 is 10.2 Å². The number of fused-ring (bicyclic) bond motifs is 1. The van der Waals surface area contributed by atoms with Crippen LogP contribution < -0.4 is 10.2 Å². The number of amides is 2. The fraction of sp³-hybridized carbons (Fsp3) is 0.318. The van der Waals surface area contributed by atoms with E-state index in [9.17, 15) is 22.8 Å². The summed E-state index contributed by atoms with van der Waals surface area (Å²) in [6.45, 7) is 4.71. The van der Waals surface area contributed by atoms with Crippen molar-refractivity contribution < 1.29 is 18.0 Å². The van der Waals surface area contributed by atoms with Gasteiger partial charge in [0.05, 0.1) is 15.1 Å². The van der Waals surface area contributed by atoms with Crippen molar-refractivity contribution >= 4 is 49.1 Å². The maximum atomic E-state index is 13.2. The normalized spacial score (nSPS) is 15.0. The lowest BCUT2D eigenvalue weighted by Crippen LogP contribution is -2.50. The number of benzene rings is 2. The summed E-state index contributed by atoms with van der Waals surface area (Å²) in [6.07, 6.45) is 0. The van der Waals surface area contributed by atoms with Crippen LogP contribution in [0.15, 0.2) is 52.2 Å². The first kappa shape index (κ1) is 23.1. The summed E-state index contributed by atoms with van der Waals surface area (Å²) in [6, 6.07) is 11.4. The maximum absolute atomic E-state index is 13.2. The van der Waals surface area contributed by atoms with Crippen molar-refractivity contribution in [2.45, 2.75) is 25.3 Å². The molecule has 0 bridgehead atoms. The van der Waals surface area contributed by atoms with Crippen molar-refractivity contribution in [3.8, 4) is 0 Å². The van der Waals surface area contributed by atoms with E-state index in [0.717, 1.165) is 16.9 Å². The van der Waals surface area contributed by atoms with E-state index in [1.807, 2.05) is 6.92 Å². The van der Waals surface area contributed by atoms with Crippen LogP contribution in [0.5, 0.6) is 0 Å². The molecule has 0 atom stereocenters. The lowest BCUT2D eigenvalue weighted by Gasteiger charge is -2.34. The minimum absolute atomic E-state index is 0.112. The van der Waals surface area contributed by atoms with Gasteiger partial charge in [0.2, 0.25) is 15.9 Å². The Morgan fingerprint density at radius 3 is 2.30 bits per heavy atom. The Morgan fingerprint density at radius 1 is 1.03 bits per heavy atom. The van der Waals surface area contributed by atoms with Gasteiger partial charge in [0.15, 0.2) is 0 Å². The van der Waals surface area contributed by atoms with E-state index in [2.05, 4.69) is 5.32 Å². The van der Waals surface area contributed by atoms with Crippen LogP contribution >= 0.6 is 11.3 Å². The van der Waals surface area contributed by atoms with E-state index in [0.29, 0.717) is 22.5 Å². The Labute approximate surface area is 195 Å². The molecule has 0 saturated carbocycles. The minimum atomic E-state index is -3.74. The second kappa shape index (κ2) is 9.08. The smallest absolute Gasteiger partial charge is 0.308 e. The number of rotatable bonds is 5. The van der Waals surface area contributed by atoms with E-state index in [4.69, 9.17) is 0 Å². The molecule has 9 nitrogen and oxygen atoms in total. The number of carbonyl (C=O) groups excluding carboxylic acids is 2. The van der Waals surface area contributed by atoms with Gasteiger partial charge in [-0.15, -0.1) is 0 Å². The summed E-state index contributed by atoms with van der Waals surface area (Å²) in [5, 5.41) is 2.65. The fourth-order valence-electron chi connectivity index (χ4n) is 3.87. The third-order valence-electron chi connectivity index (χ3n) is 5.57. The summed E-state index contributed by atoms with van der Waals surface area (Å²) in [4.78, 5) is 37.7. The first-order valence-corrected chi connectivity index (χ1v) is 12.8. The van der Waals surface area contributed by atoms with Gasteiger partial charge >= 0.3 is 4.87 Å². The average molecular weight is 489 g/mol. The molecular weight excluding hydrogens is 464 g/mol. The van der Waals surface area contributed by atoms with Crippen molar-refractivity contribution in [3.05, 3.63) is 57.7 Å². The zero-order valence-corrected chi connectivity index (χ0v) is 19.9. The molecule has 2 amide bonds. The van der Waals surface area contributed by atoms with Crippen molar-refractivity contribution in [3.63, 3.8) is 0 Å². The predicted octanol–water partition coefficient (Wildman–Crippen LogP) is 2.19. The Balaban J connectivity index is 1.45. The number of nitrogens with zero attached hydrogens (tertiary/aromatic N) is 3. The third-order valence-corrected chi connectivity index (χ3v) is 8.41. The third kappa shape index (κ3) is 4.56. The molecule has 1 aliphatic heterocycles. The molecule has 3 aromatic rings. The van der Waals surface area contributed by atoms with E-state index in [1.165, 1.54) is 17.3 Å². The highest BCUT2D eigenvalue weighted by atomic mass is 32.2. The topological polar surface area (TPSA) is 109 Å². The maximum Gasteiger partial charge on any atom is 0.308 e. The second-order valence-electron chi connectivity index (χ2n) is 7.70. The highest BCUT2D eigenvalue weighted by Crippen LogP contribution is 2.25. The van der Waals surface area contributed by atoms with Crippen molar-refractivity contribution in [2.75, 3.05) is 31.5 Å². The molecular formula is C22H24N4O5S2. The highest BCUT2D eigenvalue weighted by molar-refractivity contribution is 7.89. The molecule has 0 spiro atoms. The number of nitrogens with one attached hydrogen (secondary N) is 1. The van der Waals surface area contributed by atoms with Gasteiger partial charge in [-0.25, -0.2) is 8.42 Å². The van der Waals surface area contributed by atoms with Gasteiger partial charge in [-0.1, -0.05) is 11.3 Å². The van der Waals surface area contributed by atoms with Gasteiger partial charge in [-0.05, 0) is 49.4 Å². The number of thiazole rings is 1. The summed E-state index contributed by atoms with van der Waals surface area (Å²) in [7, 11) is -3.74. The van der Waals surface area contributed by atoms with Crippen LogP contribution in [0.3, 0.4) is 0 Å². The van der Waals surface area contributed by atoms with Crippen molar-refractivity contribution in [1.29, 1.82) is 0 Å². The summed E-state index contributed by atoms with van der Waals surface area (Å²) < 4.78 is 30.0. The number of aromatic nitrogens is 1. The van der Waals surface area contributed by atoms with E-state index in [-0.39, 0.29) is 47.8 Å². The monoisotopic (exact) mass is 488 g/mol. The Kier molecular flexibility index (Phi) is 6.37. The lowest BCUT2D eigenvalue weighted by atomic mass is 10.1. The second-order valence-corrected chi connectivity index (χ2v) is 10.6. The zero-order valence-electron chi connectivity index (χ0n) is 18.3. The van der Waals surface area contributed by atoms with Gasteiger partial charge in [0.1, 0.15) is 0 Å². The molecule has 0 unspecified atom stereocenters. The number of anilines is 1. The number of carbonyl (C=O) groups is 2. The van der Waals surface area contributed by atoms with Crippen LogP contribution in [0.2, 0.25) is 0 Å². The van der Waals surface area contributed by atoms with Gasteiger partial charge in [-0.3, -0.25) is 19.0 Å². The molecule has 1 N–H and O–H groups in total. The number of piperazine rings is 1. The van der Waals surface area contributed by atoms with Crippen LogP contribution in [0.1, 0.15) is 24.2 Å². The summed E-state index contributed by atoms with van der Waals surface area (Å²) in [5.41, 5.74) is 1.80. The SMILES string of the molecule is CCn1c(=O)sc2cc(S(=O)(=O)N3CCN(C(=O)c4ccc(NC(C)=O)cc4)CC3)ccc21. The number of hydrogen-bond acceptors (Lipinski definition) is 6. The van der Waals surface area contributed by atoms with Crippen molar-refractivity contribution in [1.82, 2.24) is 13.8 Å². The Bertz CT molecular complexity index is 1370. The van der Waals surface area contributed by atoms with E-state index in [1.54, 1.807) is 45.9 Å². The van der Waals surface area contributed by atoms with Crippen LogP contribution in [0.25, 0.3) is 10.2 Å². The van der Waals surface area contributed by atoms with Gasteiger partial charge in [-0.2, -0.15) is 4.31 Å². The molecule has 0 radical (unpaired) electrons. The molecule has 1 aliphatic rings. The molecule has 2 heterocycles. The highest BCUT2D eigenvalue weighted by Gasteiger charge is 2.31. The number of sulfonamides is 1. The zero-order chi connectivity index (χ0) is 23.8. The standard InChI is InChI=1S/C22H24N4O5S2/c1-3-26-19-9-8-18(14-20(19)32-22(26)29)33(30,31)25-12-10-24(11-13-25)21(28)16-4-6-17(7-5-16)23-15(2)27/h4-9,14H,3,10-13H2,1-2H3,(H,23,27). The fourth-order valence-corrected chi connectivity index (χ4v) is 6.39.